The molecule has 0 unspecified atom stereocenters. The Morgan fingerprint density at radius 1 is 1.05 bits per heavy atom. The first kappa shape index (κ1) is 15.3. The number of alkyl halides is 3. The molecule has 3 nitrogen and oxygen atoms in total. The molecule has 2 N–H and O–H groups in total. The highest BCUT2D eigenvalue weighted by molar-refractivity contribution is 6.32. The molecule has 112 valence electrons. The van der Waals surface area contributed by atoms with Crippen LogP contribution in [0.5, 0.6) is 17.2 Å². The van der Waals surface area contributed by atoms with Gasteiger partial charge in [-0.2, -0.15) is 0 Å². The van der Waals surface area contributed by atoms with Gasteiger partial charge in [0.2, 0.25) is 0 Å². The minimum Gasteiger partial charge on any atom is -0.456 e. The zero-order valence-corrected chi connectivity index (χ0v) is 11.6. The van der Waals surface area contributed by atoms with Crippen LogP contribution in [0.1, 0.15) is 5.56 Å². The van der Waals surface area contributed by atoms with Crippen molar-refractivity contribution in [3.8, 4) is 17.2 Å². The highest BCUT2D eigenvalue weighted by atomic mass is 35.5. The van der Waals surface area contributed by atoms with Crippen LogP contribution in [0.4, 0.5) is 18.9 Å². The van der Waals surface area contributed by atoms with Crippen LogP contribution in [0.25, 0.3) is 0 Å². The number of nitrogen functional groups attached to an aromatic ring is 1. The first-order valence-corrected chi connectivity index (χ1v) is 6.22. The molecule has 0 bridgehead atoms. The predicted molar refractivity (Wildman–Crippen MR) is 73.8 cm³/mol. The van der Waals surface area contributed by atoms with Gasteiger partial charge in [-0.3, -0.25) is 0 Å². The van der Waals surface area contributed by atoms with Gasteiger partial charge in [-0.15, -0.1) is 13.2 Å². The van der Waals surface area contributed by atoms with Gasteiger partial charge in [-0.25, -0.2) is 0 Å². The monoisotopic (exact) mass is 317 g/mol. The molecule has 0 aromatic heterocycles. The van der Waals surface area contributed by atoms with Gasteiger partial charge >= 0.3 is 6.36 Å². The lowest BCUT2D eigenvalue weighted by Gasteiger charge is -2.13. The van der Waals surface area contributed by atoms with Crippen molar-refractivity contribution in [3.05, 3.63) is 47.0 Å². The van der Waals surface area contributed by atoms with E-state index in [-0.39, 0.29) is 10.8 Å². The number of hydrogen-bond acceptors (Lipinski definition) is 3. The second-order valence-corrected chi connectivity index (χ2v) is 4.67. The summed E-state index contributed by atoms with van der Waals surface area (Å²) in [5.74, 6) is 0.323. The van der Waals surface area contributed by atoms with Crippen molar-refractivity contribution in [1.82, 2.24) is 0 Å². The van der Waals surface area contributed by atoms with Crippen LogP contribution in [-0.4, -0.2) is 6.36 Å². The Bertz CT molecular complexity index is 659. The summed E-state index contributed by atoms with van der Waals surface area (Å²) in [6, 6.07) is 8.49. The molecule has 0 aliphatic heterocycles. The number of nitrogens with two attached hydrogens (primary N) is 1. The van der Waals surface area contributed by atoms with E-state index >= 15 is 0 Å². The Balaban J connectivity index is 2.21. The molecule has 0 aliphatic carbocycles. The highest BCUT2D eigenvalue weighted by Crippen LogP contribution is 2.35. The van der Waals surface area contributed by atoms with Crippen molar-refractivity contribution >= 4 is 17.3 Å². The molecule has 0 saturated carbocycles. The molecule has 0 amide bonds. The highest BCUT2D eigenvalue weighted by Gasteiger charge is 2.31. The molecule has 0 saturated heterocycles. The molecule has 2 rings (SSSR count). The summed E-state index contributed by atoms with van der Waals surface area (Å²) < 4.78 is 45.6. The first-order valence-electron chi connectivity index (χ1n) is 5.84. The summed E-state index contributed by atoms with van der Waals surface area (Å²) in [5, 5.41) is 0.00738. The summed E-state index contributed by atoms with van der Waals surface area (Å²) in [4.78, 5) is 0. The van der Waals surface area contributed by atoms with Gasteiger partial charge in [0, 0.05) is 11.8 Å². The van der Waals surface area contributed by atoms with Gasteiger partial charge in [0.05, 0.1) is 5.02 Å². The first-order chi connectivity index (χ1) is 9.74. The Morgan fingerprint density at radius 2 is 1.71 bits per heavy atom. The molecular formula is C14H11ClF3NO2. The van der Waals surface area contributed by atoms with E-state index in [0.29, 0.717) is 11.4 Å². The molecular weight excluding hydrogens is 307 g/mol. The van der Waals surface area contributed by atoms with Crippen molar-refractivity contribution < 1.29 is 22.6 Å². The van der Waals surface area contributed by atoms with Crippen molar-refractivity contribution in [2.24, 2.45) is 0 Å². The zero-order chi connectivity index (χ0) is 15.6. The van der Waals surface area contributed by atoms with E-state index in [4.69, 9.17) is 22.1 Å². The molecule has 0 fully saturated rings. The maximum absolute atomic E-state index is 12.1. The van der Waals surface area contributed by atoms with E-state index in [1.807, 2.05) is 0 Å². The summed E-state index contributed by atoms with van der Waals surface area (Å²) >= 11 is 5.89. The third kappa shape index (κ3) is 4.19. The van der Waals surface area contributed by atoms with Gasteiger partial charge in [0.25, 0.3) is 0 Å². The van der Waals surface area contributed by atoms with Crippen LogP contribution >= 0.6 is 11.6 Å². The van der Waals surface area contributed by atoms with E-state index in [0.717, 1.165) is 17.7 Å². The zero-order valence-electron chi connectivity index (χ0n) is 10.9. The number of benzene rings is 2. The van der Waals surface area contributed by atoms with Crippen LogP contribution in [-0.2, 0) is 0 Å². The van der Waals surface area contributed by atoms with Crippen molar-refractivity contribution in [3.63, 3.8) is 0 Å². The standard InChI is InChI=1S/C14H11ClF3NO2/c1-8-6-9(19)2-4-12(8)20-13-5-3-10(7-11(13)15)21-14(16,17)18/h2-7H,19H2,1H3. The second kappa shape index (κ2) is 5.73. The van der Waals surface area contributed by atoms with E-state index in [1.165, 1.54) is 6.07 Å². The number of aryl methyl sites for hydroxylation is 1. The molecule has 21 heavy (non-hydrogen) atoms. The molecule has 0 atom stereocenters. The van der Waals surface area contributed by atoms with Crippen LogP contribution in [0.15, 0.2) is 36.4 Å². The normalized spacial score (nSPS) is 11.3. The third-order valence-corrected chi connectivity index (χ3v) is 2.85. The lowest BCUT2D eigenvalue weighted by molar-refractivity contribution is -0.274. The van der Waals surface area contributed by atoms with Crippen LogP contribution < -0.4 is 15.2 Å². The van der Waals surface area contributed by atoms with Gasteiger partial charge in [0.15, 0.2) is 0 Å². The topological polar surface area (TPSA) is 44.5 Å². The summed E-state index contributed by atoms with van der Waals surface area (Å²) in [6.45, 7) is 1.79. The third-order valence-electron chi connectivity index (χ3n) is 2.56. The fourth-order valence-corrected chi connectivity index (χ4v) is 1.88. The SMILES string of the molecule is Cc1cc(N)ccc1Oc1ccc(OC(F)(F)F)cc1Cl. The number of anilines is 1. The Morgan fingerprint density at radius 3 is 2.29 bits per heavy atom. The molecule has 0 spiro atoms. The summed E-state index contributed by atoms with van der Waals surface area (Å²) in [6.07, 6.45) is -4.76. The lowest BCUT2D eigenvalue weighted by Crippen LogP contribution is -2.17. The van der Waals surface area contributed by atoms with E-state index in [1.54, 1.807) is 25.1 Å². The smallest absolute Gasteiger partial charge is 0.456 e. The molecule has 0 radical (unpaired) electrons. The minimum absolute atomic E-state index is 0.00738. The number of ether oxygens (including phenoxy) is 2. The number of rotatable bonds is 3. The molecule has 7 heteroatoms. The largest absolute Gasteiger partial charge is 0.573 e. The van der Waals surface area contributed by atoms with Crippen LogP contribution in [0, 0.1) is 6.92 Å². The van der Waals surface area contributed by atoms with Crippen LogP contribution in [0.2, 0.25) is 5.02 Å². The predicted octanol–water partition coefficient (Wildman–Crippen LogP) is 4.92. The van der Waals surface area contributed by atoms with Crippen molar-refractivity contribution in [1.29, 1.82) is 0 Å². The quantitative estimate of drug-likeness (QED) is 0.817. The van der Waals surface area contributed by atoms with Gasteiger partial charge < -0.3 is 15.2 Å². The summed E-state index contributed by atoms with van der Waals surface area (Å²) in [7, 11) is 0. The Labute approximate surface area is 124 Å². The average molecular weight is 318 g/mol. The Hall–Kier alpha value is -2.08. The van der Waals surface area contributed by atoms with Gasteiger partial charge in [-0.05, 0) is 42.8 Å². The average Bonchev–Trinajstić information content (AvgIpc) is 2.33. The molecule has 0 aliphatic rings. The van der Waals surface area contributed by atoms with Gasteiger partial charge in [-0.1, -0.05) is 11.6 Å². The fraction of sp³-hybridized carbons (Fsp3) is 0.143. The maximum Gasteiger partial charge on any atom is 0.573 e. The number of hydrogen-bond donors (Lipinski definition) is 1. The van der Waals surface area contributed by atoms with E-state index < -0.39 is 12.1 Å². The maximum atomic E-state index is 12.1. The van der Waals surface area contributed by atoms with E-state index in [9.17, 15) is 13.2 Å². The lowest BCUT2D eigenvalue weighted by atomic mass is 10.2. The second-order valence-electron chi connectivity index (χ2n) is 4.27. The van der Waals surface area contributed by atoms with E-state index in [2.05, 4.69) is 4.74 Å². The van der Waals surface area contributed by atoms with Crippen molar-refractivity contribution in [2.45, 2.75) is 13.3 Å². The fourth-order valence-electron chi connectivity index (χ4n) is 1.67. The van der Waals surface area contributed by atoms with Gasteiger partial charge in [0.1, 0.15) is 17.2 Å². The minimum atomic E-state index is -4.76. The van der Waals surface area contributed by atoms with Crippen LogP contribution in [0.3, 0.4) is 0 Å². The Kier molecular flexibility index (Phi) is 4.18. The molecule has 0 heterocycles. The number of halogens is 4. The molecule has 2 aromatic carbocycles. The van der Waals surface area contributed by atoms with Crippen molar-refractivity contribution in [2.75, 3.05) is 5.73 Å². The summed E-state index contributed by atoms with van der Waals surface area (Å²) in [5.41, 5.74) is 6.99. The molecule has 2 aromatic rings.